The van der Waals surface area contributed by atoms with Crippen molar-refractivity contribution in [3.05, 3.63) is 29.7 Å². The number of fused-ring (bicyclic) bond motifs is 1. The Kier molecular flexibility index (Phi) is 3.23. The fourth-order valence-electron chi connectivity index (χ4n) is 2.38. The quantitative estimate of drug-likeness (QED) is 0.905. The third-order valence-electron chi connectivity index (χ3n) is 3.50. The van der Waals surface area contributed by atoms with Crippen LogP contribution in [0, 0.1) is 0 Å². The van der Waals surface area contributed by atoms with Crippen molar-refractivity contribution in [3.8, 4) is 11.5 Å². The van der Waals surface area contributed by atoms with E-state index in [2.05, 4.69) is 10.2 Å². The number of carbonyl (C=O) groups is 1. The van der Waals surface area contributed by atoms with Gasteiger partial charge in [-0.2, -0.15) is 0 Å². The van der Waals surface area contributed by atoms with E-state index >= 15 is 0 Å². The number of hydrogen-bond donors (Lipinski definition) is 1. The molecule has 20 heavy (non-hydrogen) atoms. The Labute approximate surface area is 116 Å². The van der Waals surface area contributed by atoms with Crippen molar-refractivity contribution in [2.75, 3.05) is 18.5 Å². The van der Waals surface area contributed by atoms with Crippen molar-refractivity contribution in [2.24, 2.45) is 5.73 Å². The largest absolute Gasteiger partial charge is 0.421 e. The van der Waals surface area contributed by atoms with Gasteiger partial charge in [-0.05, 0) is 30.2 Å². The summed E-state index contributed by atoms with van der Waals surface area (Å²) in [4.78, 5) is 13.4. The van der Waals surface area contributed by atoms with Crippen LogP contribution in [-0.4, -0.2) is 29.7 Å². The molecule has 1 aromatic heterocycles. The lowest BCUT2D eigenvalue weighted by Gasteiger charge is -2.25. The number of amides is 1. The first-order valence-electron chi connectivity index (χ1n) is 6.61. The molecule has 0 atom stereocenters. The van der Waals surface area contributed by atoms with Crippen LogP contribution in [0.3, 0.4) is 0 Å². The molecule has 1 amide bonds. The van der Waals surface area contributed by atoms with E-state index in [0.29, 0.717) is 31.2 Å². The van der Waals surface area contributed by atoms with Crippen molar-refractivity contribution in [1.82, 2.24) is 10.2 Å². The third kappa shape index (κ3) is 2.18. The maximum atomic E-state index is 11.7. The number of hydrogen-bond acceptors (Lipinski definition) is 5. The summed E-state index contributed by atoms with van der Waals surface area (Å²) in [5.41, 5.74) is 8.42. The SMILES string of the molecule is CN1C(=O)CCc2cc(-c3nnc(CCN)o3)ccc21. The van der Waals surface area contributed by atoms with Crippen LogP contribution >= 0.6 is 0 Å². The molecule has 0 spiro atoms. The molecule has 0 unspecified atom stereocenters. The van der Waals surface area contributed by atoms with E-state index in [1.807, 2.05) is 18.2 Å². The Hall–Kier alpha value is -2.21. The van der Waals surface area contributed by atoms with E-state index in [4.69, 9.17) is 10.2 Å². The zero-order chi connectivity index (χ0) is 14.1. The Bertz CT molecular complexity index is 650. The van der Waals surface area contributed by atoms with Crippen LogP contribution in [-0.2, 0) is 17.6 Å². The van der Waals surface area contributed by atoms with E-state index in [0.717, 1.165) is 23.2 Å². The number of nitrogens with zero attached hydrogens (tertiary/aromatic N) is 3. The number of aryl methyl sites for hydroxylation is 1. The van der Waals surface area contributed by atoms with E-state index < -0.39 is 0 Å². The fourth-order valence-corrected chi connectivity index (χ4v) is 2.38. The molecule has 0 aliphatic carbocycles. The Balaban J connectivity index is 1.93. The first-order valence-corrected chi connectivity index (χ1v) is 6.61. The molecule has 0 fully saturated rings. The second-order valence-electron chi connectivity index (χ2n) is 4.84. The van der Waals surface area contributed by atoms with Gasteiger partial charge >= 0.3 is 0 Å². The van der Waals surface area contributed by atoms with Gasteiger partial charge in [-0.3, -0.25) is 4.79 Å². The molecule has 104 valence electrons. The molecule has 6 heteroatoms. The molecule has 1 aliphatic rings. The van der Waals surface area contributed by atoms with E-state index in [1.165, 1.54) is 0 Å². The highest BCUT2D eigenvalue weighted by Crippen LogP contribution is 2.30. The molecule has 0 saturated heterocycles. The fraction of sp³-hybridized carbons (Fsp3) is 0.357. The predicted octanol–water partition coefficient (Wildman–Crippen LogP) is 1.15. The zero-order valence-electron chi connectivity index (χ0n) is 11.3. The van der Waals surface area contributed by atoms with E-state index in [1.54, 1.807) is 11.9 Å². The minimum Gasteiger partial charge on any atom is -0.421 e. The summed E-state index contributed by atoms with van der Waals surface area (Å²) in [5.74, 6) is 1.19. The van der Waals surface area contributed by atoms with Crippen LogP contribution in [0.25, 0.3) is 11.5 Å². The Morgan fingerprint density at radius 2 is 2.20 bits per heavy atom. The number of benzene rings is 1. The molecule has 2 N–H and O–H groups in total. The van der Waals surface area contributed by atoms with Gasteiger partial charge in [-0.15, -0.1) is 10.2 Å². The molecular formula is C14H16N4O2. The van der Waals surface area contributed by atoms with Crippen LogP contribution in [0.4, 0.5) is 5.69 Å². The number of rotatable bonds is 3. The zero-order valence-corrected chi connectivity index (χ0v) is 11.3. The molecular weight excluding hydrogens is 256 g/mol. The van der Waals surface area contributed by atoms with Crippen molar-refractivity contribution in [2.45, 2.75) is 19.3 Å². The van der Waals surface area contributed by atoms with Gasteiger partial charge in [0.2, 0.25) is 17.7 Å². The molecule has 3 rings (SSSR count). The number of nitrogens with two attached hydrogens (primary N) is 1. The Morgan fingerprint density at radius 1 is 1.35 bits per heavy atom. The van der Waals surface area contributed by atoms with Crippen LogP contribution in [0.15, 0.2) is 22.6 Å². The van der Waals surface area contributed by atoms with E-state index in [9.17, 15) is 4.79 Å². The van der Waals surface area contributed by atoms with Crippen LogP contribution < -0.4 is 10.6 Å². The summed E-state index contributed by atoms with van der Waals surface area (Å²) in [6.45, 7) is 0.485. The topological polar surface area (TPSA) is 85.2 Å². The monoisotopic (exact) mass is 272 g/mol. The van der Waals surface area contributed by atoms with Gasteiger partial charge in [0, 0.05) is 37.7 Å². The van der Waals surface area contributed by atoms with Gasteiger partial charge in [0.25, 0.3) is 0 Å². The lowest BCUT2D eigenvalue weighted by Crippen LogP contribution is -2.30. The molecule has 2 aromatic rings. The maximum Gasteiger partial charge on any atom is 0.247 e. The minimum atomic E-state index is 0.147. The van der Waals surface area contributed by atoms with Crippen molar-refractivity contribution in [1.29, 1.82) is 0 Å². The highest BCUT2D eigenvalue weighted by Gasteiger charge is 2.21. The van der Waals surface area contributed by atoms with Gasteiger partial charge < -0.3 is 15.1 Å². The van der Waals surface area contributed by atoms with Crippen LogP contribution in [0.2, 0.25) is 0 Å². The third-order valence-corrected chi connectivity index (χ3v) is 3.50. The molecule has 1 aromatic carbocycles. The first kappa shape index (κ1) is 12.8. The highest BCUT2D eigenvalue weighted by atomic mass is 16.4. The average molecular weight is 272 g/mol. The molecule has 2 heterocycles. The highest BCUT2D eigenvalue weighted by molar-refractivity contribution is 5.96. The average Bonchev–Trinajstić information content (AvgIpc) is 2.92. The van der Waals surface area contributed by atoms with Gasteiger partial charge in [0.15, 0.2) is 0 Å². The first-order chi connectivity index (χ1) is 9.69. The molecule has 0 bridgehead atoms. The van der Waals surface area contributed by atoms with Crippen molar-refractivity contribution in [3.63, 3.8) is 0 Å². The lowest BCUT2D eigenvalue weighted by atomic mass is 9.99. The number of anilines is 1. The summed E-state index contributed by atoms with van der Waals surface area (Å²) >= 11 is 0. The number of carbonyl (C=O) groups excluding carboxylic acids is 1. The van der Waals surface area contributed by atoms with Crippen molar-refractivity contribution < 1.29 is 9.21 Å². The van der Waals surface area contributed by atoms with E-state index in [-0.39, 0.29) is 5.91 Å². The Morgan fingerprint density at radius 3 is 3.00 bits per heavy atom. The molecule has 1 aliphatic heterocycles. The van der Waals surface area contributed by atoms with Gasteiger partial charge in [0.1, 0.15) is 0 Å². The number of aromatic nitrogens is 2. The predicted molar refractivity (Wildman–Crippen MR) is 74.2 cm³/mol. The van der Waals surface area contributed by atoms with Crippen molar-refractivity contribution >= 4 is 11.6 Å². The summed E-state index contributed by atoms with van der Waals surface area (Å²) < 4.78 is 5.57. The molecule has 0 radical (unpaired) electrons. The summed E-state index contributed by atoms with van der Waals surface area (Å²) in [7, 11) is 1.80. The normalized spacial score (nSPS) is 14.5. The standard InChI is InChI=1S/C14H16N4O2/c1-18-11-4-2-10(8-9(11)3-5-13(18)19)14-17-16-12(20-14)6-7-15/h2,4,8H,3,5-7,15H2,1H3. The lowest BCUT2D eigenvalue weighted by molar-refractivity contribution is -0.118. The van der Waals surface area contributed by atoms with Gasteiger partial charge in [-0.25, -0.2) is 0 Å². The van der Waals surface area contributed by atoms with Crippen LogP contribution in [0.1, 0.15) is 17.9 Å². The smallest absolute Gasteiger partial charge is 0.247 e. The van der Waals surface area contributed by atoms with Crippen LogP contribution in [0.5, 0.6) is 0 Å². The van der Waals surface area contributed by atoms with Gasteiger partial charge in [0.05, 0.1) is 0 Å². The summed E-state index contributed by atoms with van der Waals surface area (Å²) in [6, 6.07) is 5.83. The van der Waals surface area contributed by atoms with Gasteiger partial charge in [-0.1, -0.05) is 0 Å². The maximum absolute atomic E-state index is 11.7. The summed E-state index contributed by atoms with van der Waals surface area (Å²) in [5, 5.41) is 8.00. The second kappa shape index (κ2) is 5.05. The summed E-state index contributed by atoms with van der Waals surface area (Å²) in [6.07, 6.45) is 1.86. The minimum absolute atomic E-state index is 0.147. The second-order valence-corrected chi connectivity index (χ2v) is 4.84. The molecule has 6 nitrogen and oxygen atoms in total. The molecule has 0 saturated carbocycles.